The van der Waals surface area contributed by atoms with E-state index in [1.165, 1.54) is 16.7 Å². The normalized spacial score (nSPS) is 10.1. The summed E-state index contributed by atoms with van der Waals surface area (Å²) in [6.45, 7) is 7.90. The van der Waals surface area contributed by atoms with Gasteiger partial charge in [0, 0.05) is 5.02 Å². The van der Waals surface area contributed by atoms with Gasteiger partial charge in [-0.15, -0.1) is 6.58 Å². The molecule has 0 aromatic heterocycles. The molecule has 0 aliphatic carbocycles. The molecule has 0 N–H and O–H groups in total. The molecule has 0 nitrogen and oxygen atoms in total. The van der Waals surface area contributed by atoms with Gasteiger partial charge in [-0.2, -0.15) is 0 Å². The van der Waals surface area contributed by atoms with Crippen LogP contribution in [0.15, 0.2) is 24.8 Å². The molecule has 70 valence electrons. The molecule has 1 heteroatoms. The average molecular weight is 195 g/mol. The summed E-state index contributed by atoms with van der Waals surface area (Å²) in [7, 11) is 0. The Morgan fingerprint density at radius 3 is 2.54 bits per heavy atom. The van der Waals surface area contributed by atoms with Crippen LogP contribution in [0.2, 0.25) is 5.02 Å². The molecule has 0 aliphatic heterocycles. The molecule has 0 saturated carbocycles. The Morgan fingerprint density at radius 2 is 1.92 bits per heavy atom. The van der Waals surface area contributed by atoms with Gasteiger partial charge in [-0.3, -0.25) is 0 Å². The molecule has 0 heterocycles. The van der Waals surface area contributed by atoms with E-state index in [0.29, 0.717) is 0 Å². The van der Waals surface area contributed by atoms with Crippen LogP contribution < -0.4 is 0 Å². The maximum Gasteiger partial charge on any atom is 0.0440 e. The van der Waals surface area contributed by atoms with Crippen molar-refractivity contribution in [1.29, 1.82) is 0 Å². The first-order valence-electron chi connectivity index (χ1n) is 4.51. The molecule has 0 spiro atoms. The van der Waals surface area contributed by atoms with E-state index in [2.05, 4.69) is 26.5 Å². The van der Waals surface area contributed by atoms with Crippen molar-refractivity contribution in [3.05, 3.63) is 46.5 Å². The predicted octanol–water partition coefficient (Wildman–Crippen LogP) is 4.08. The van der Waals surface area contributed by atoms with Gasteiger partial charge in [-0.1, -0.05) is 23.7 Å². The molecule has 0 fully saturated rings. The third kappa shape index (κ3) is 2.60. The number of rotatable bonds is 3. The maximum absolute atomic E-state index is 6.10. The van der Waals surface area contributed by atoms with E-state index in [1.807, 2.05) is 12.1 Å². The number of halogens is 1. The number of aryl methyl sites for hydroxylation is 3. The second-order valence-corrected chi connectivity index (χ2v) is 3.76. The van der Waals surface area contributed by atoms with E-state index in [1.54, 1.807) is 0 Å². The summed E-state index contributed by atoms with van der Waals surface area (Å²) in [5, 5.41) is 0.880. The predicted molar refractivity (Wildman–Crippen MR) is 59.4 cm³/mol. The molecule has 0 aliphatic rings. The van der Waals surface area contributed by atoms with Gasteiger partial charge < -0.3 is 0 Å². The molecule has 0 saturated heterocycles. The Morgan fingerprint density at radius 1 is 1.31 bits per heavy atom. The van der Waals surface area contributed by atoms with Crippen molar-refractivity contribution in [3.8, 4) is 0 Å². The quantitative estimate of drug-likeness (QED) is 0.637. The van der Waals surface area contributed by atoms with Crippen molar-refractivity contribution < 1.29 is 0 Å². The summed E-state index contributed by atoms with van der Waals surface area (Å²) in [5.41, 5.74) is 3.79. The molecule has 0 radical (unpaired) electrons. The molecule has 1 aromatic rings. The SMILES string of the molecule is C=CCCc1cc(C)c(C)cc1Cl. The van der Waals surface area contributed by atoms with Crippen LogP contribution in [0.4, 0.5) is 0 Å². The monoisotopic (exact) mass is 194 g/mol. The van der Waals surface area contributed by atoms with E-state index >= 15 is 0 Å². The van der Waals surface area contributed by atoms with Gasteiger partial charge in [0.2, 0.25) is 0 Å². The largest absolute Gasteiger partial charge is 0.103 e. The van der Waals surface area contributed by atoms with Crippen molar-refractivity contribution in [3.63, 3.8) is 0 Å². The highest BCUT2D eigenvalue weighted by molar-refractivity contribution is 6.31. The minimum atomic E-state index is 0.880. The Balaban J connectivity index is 2.94. The van der Waals surface area contributed by atoms with Crippen LogP contribution in [0.3, 0.4) is 0 Å². The highest BCUT2D eigenvalue weighted by Crippen LogP contribution is 2.22. The van der Waals surface area contributed by atoms with Crippen LogP contribution in [-0.4, -0.2) is 0 Å². The van der Waals surface area contributed by atoms with Crippen molar-refractivity contribution in [2.75, 3.05) is 0 Å². The molecule has 0 amide bonds. The van der Waals surface area contributed by atoms with Crippen LogP contribution in [0.25, 0.3) is 0 Å². The second-order valence-electron chi connectivity index (χ2n) is 3.36. The van der Waals surface area contributed by atoms with Crippen LogP contribution in [0.1, 0.15) is 23.1 Å². The second kappa shape index (κ2) is 4.48. The van der Waals surface area contributed by atoms with Gasteiger partial charge in [-0.25, -0.2) is 0 Å². The number of benzene rings is 1. The van der Waals surface area contributed by atoms with E-state index in [9.17, 15) is 0 Å². The van der Waals surface area contributed by atoms with Gasteiger partial charge >= 0.3 is 0 Å². The van der Waals surface area contributed by atoms with Crippen molar-refractivity contribution in [2.45, 2.75) is 26.7 Å². The minimum absolute atomic E-state index is 0.880. The first-order valence-corrected chi connectivity index (χ1v) is 4.89. The molecule has 1 rings (SSSR count). The zero-order valence-corrected chi connectivity index (χ0v) is 8.99. The summed E-state index contributed by atoms with van der Waals surface area (Å²) in [6, 6.07) is 4.20. The van der Waals surface area contributed by atoms with E-state index < -0.39 is 0 Å². The third-order valence-electron chi connectivity index (χ3n) is 2.28. The van der Waals surface area contributed by atoms with E-state index in [-0.39, 0.29) is 0 Å². The lowest BCUT2D eigenvalue weighted by Crippen LogP contribution is -1.89. The molecule has 1 aromatic carbocycles. The van der Waals surface area contributed by atoms with E-state index in [0.717, 1.165) is 17.9 Å². The average Bonchev–Trinajstić information content (AvgIpc) is 2.09. The summed E-state index contributed by atoms with van der Waals surface area (Å²) in [5.74, 6) is 0. The Hall–Kier alpha value is -0.750. The van der Waals surface area contributed by atoms with Crippen LogP contribution in [0.5, 0.6) is 0 Å². The zero-order valence-electron chi connectivity index (χ0n) is 8.23. The number of allylic oxidation sites excluding steroid dienone is 1. The highest BCUT2D eigenvalue weighted by atomic mass is 35.5. The minimum Gasteiger partial charge on any atom is -0.103 e. The summed E-state index contributed by atoms with van der Waals surface area (Å²) in [6.07, 6.45) is 3.90. The first kappa shape index (κ1) is 10.3. The Kier molecular flexibility index (Phi) is 3.56. The maximum atomic E-state index is 6.10. The molecular formula is C12H15Cl. The molecule has 0 unspecified atom stereocenters. The molecule has 0 bridgehead atoms. The van der Waals surface area contributed by atoms with Crippen LogP contribution in [0, 0.1) is 13.8 Å². The van der Waals surface area contributed by atoms with Gasteiger partial charge in [0.15, 0.2) is 0 Å². The molecule has 13 heavy (non-hydrogen) atoms. The standard InChI is InChI=1S/C12H15Cl/c1-4-5-6-11-7-9(2)10(3)8-12(11)13/h4,7-8H,1,5-6H2,2-3H3. The lowest BCUT2D eigenvalue weighted by Gasteiger charge is -2.06. The zero-order chi connectivity index (χ0) is 9.84. The fraction of sp³-hybridized carbons (Fsp3) is 0.333. The Labute approximate surface area is 85.2 Å². The first-order chi connectivity index (χ1) is 6.15. The van der Waals surface area contributed by atoms with Gasteiger partial charge in [-0.05, 0) is 49.4 Å². The number of hydrogen-bond donors (Lipinski definition) is 0. The van der Waals surface area contributed by atoms with E-state index in [4.69, 9.17) is 11.6 Å². The summed E-state index contributed by atoms with van der Waals surface area (Å²) >= 11 is 6.10. The van der Waals surface area contributed by atoms with Gasteiger partial charge in [0.1, 0.15) is 0 Å². The smallest absolute Gasteiger partial charge is 0.0440 e. The topological polar surface area (TPSA) is 0 Å². The number of hydrogen-bond acceptors (Lipinski definition) is 0. The summed E-state index contributed by atoms with van der Waals surface area (Å²) in [4.78, 5) is 0. The fourth-order valence-electron chi connectivity index (χ4n) is 1.29. The molecular weight excluding hydrogens is 180 g/mol. The van der Waals surface area contributed by atoms with Crippen LogP contribution in [-0.2, 0) is 6.42 Å². The summed E-state index contributed by atoms with van der Waals surface area (Å²) < 4.78 is 0. The lowest BCUT2D eigenvalue weighted by molar-refractivity contribution is 0.999. The van der Waals surface area contributed by atoms with Crippen molar-refractivity contribution in [2.24, 2.45) is 0 Å². The highest BCUT2D eigenvalue weighted by Gasteiger charge is 2.01. The van der Waals surface area contributed by atoms with Gasteiger partial charge in [0.25, 0.3) is 0 Å². The molecule has 0 atom stereocenters. The van der Waals surface area contributed by atoms with Crippen molar-refractivity contribution >= 4 is 11.6 Å². The van der Waals surface area contributed by atoms with Gasteiger partial charge in [0.05, 0.1) is 0 Å². The lowest BCUT2D eigenvalue weighted by atomic mass is 10.0. The van der Waals surface area contributed by atoms with Crippen molar-refractivity contribution in [1.82, 2.24) is 0 Å². The Bertz CT molecular complexity index is 313. The fourth-order valence-corrected chi connectivity index (χ4v) is 1.60. The third-order valence-corrected chi connectivity index (χ3v) is 2.63. The van der Waals surface area contributed by atoms with Crippen LogP contribution >= 0.6 is 11.6 Å².